The van der Waals surface area contributed by atoms with Crippen molar-refractivity contribution >= 4 is 5.91 Å². The summed E-state index contributed by atoms with van der Waals surface area (Å²) in [5, 5.41) is 4.17. The SMILES string of the molecule is COc1cc2c(cc1OC)CCN(C(=O)CCCn1cccn1)CC2. The Bertz CT molecular complexity index is 678. The molecule has 1 aromatic heterocycles. The Hall–Kier alpha value is -2.50. The summed E-state index contributed by atoms with van der Waals surface area (Å²) in [7, 11) is 3.30. The van der Waals surface area contributed by atoms with Crippen molar-refractivity contribution < 1.29 is 14.3 Å². The summed E-state index contributed by atoms with van der Waals surface area (Å²) in [5.41, 5.74) is 2.48. The largest absolute Gasteiger partial charge is 0.493 e. The molecular weight excluding hydrogens is 318 g/mol. The van der Waals surface area contributed by atoms with Crippen molar-refractivity contribution in [1.29, 1.82) is 0 Å². The van der Waals surface area contributed by atoms with Gasteiger partial charge in [0.15, 0.2) is 11.5 Å². The number of nitrogens with zero attached hydrogens (tertiary/aromatic N) is 3. The van der Waals surface area contributed by atoms with Crippen LogP contribution in [0, 0.1) is 0 Å². The van der Waals surface area contributed by atoms with E-state index in [-0.39, 0.29) is 5.91 Å². The smallest absolute Gasteiger partial charge is 0.222 e. The third-order valence-corrected chi connectivity index (χ3v) is 4.70. The van der Waals surface area contributed by atoms with Crippen LogP contribution in [0.2, 0.25) is 0 Å². The Morgan fingerprint density at radius 1 is 1.12 bits per heavy atom. The molecule has 0 saturated heterocycles. The van der Waals surface area contributed by atoms with Gasteiger partial charge in [0, 0.05) is 38.4 Å². The Balaban J connectivity index is 1.58. The van der Waals surface area contributed by atoms with Gasteiger partial charge in [0.25, 0.3) is 0 Å². The van der Waals surface area contributed by atoms with Gasteiger partial charge in [0.1, 0.15) is 0 Å². The minimum absolute atomic E-state index is 0.221. The summed E-state index contributed by atoms with van der Waals surface area (Å²) in [6.07, 6.45) is 6.75. The number of hydrogen-bond acceptors (Lipinski definition) is 4. The molecule has 25 heavy (non-hydrogen) atoms. The summed E-state index contributed by atoms with van der Waals surface area (Å²) in [6.45, 7) is 2.29. The van der Waals surface area contributed by atoms with E-state index in [2.05, 4.69) is 5.10 Å². The highest BCUT2D eigenvalue weighted by molar-refractivity contribution is 5.76. The van der Waals surface area contributed by atoms with E-state index in [4.69, 9.17) is 9.47 Å². The molecule has 1 aromatic carbocycles. The molecule has 1 amide bonds. The highest BCUT2D eigenvalue weighted by Gasteiger charge is 2.20. The third-order valence-electron chi connectivity index (χ3n) is 4.70. The lowest BCUT2D eigenvalue weighted by atomic mass is 10.0. The Morgan fingerprint density at radius 2 is 1.76 bits per heavy atom. The predicted octanol–water partition coefficient (Wildman–Crippen LogP) is 2.31. The van der Waals surface area contributed by atoms with E-state index in [1.54, 1.807) is 20.4 Å². The van der Waals surface area contributed by atoms with Crippen LogP contribution in [0.3, 0.4) is 0 Å². The van der Waals surface area contributed by atoms with E-state index in [1.165, 1.54) is 11.1 Å². The van der Waals surface area contributed by atoms with Gasteiger partial charge in [0.2, 0.25) is 5.91 Å². The van der Waals surface area contributed by atoms with E-state index in [0.717, 1.165) is 50.4 Å². The summed E-state index contributed by atoms with van der Waals surface area (Å²) < 4.78 is 12.6. The maximum absolute atomic E-state index is 12.5. The molecule has 0 saturated carbocycles. The van der Waals surface area contributed by atoms with Crippen LogP contribution in [-0.4, -0.2) is 47.9 Å². The zero-order valence-electron chi connectivity index (χ0n) is 14.9. The van der Waals surface area contributed by atoms with Crippen molar-refractivity contribution in [1.82, 2.24) is 14.7 Å². The Morgan fingerprint density at radius 3 is 2.28 bits per heavy atom. The molecule has 6 nitrogen and oxygen atoms in total. The number of aryl methyl sites for hydroxylation is 1. The number of ether oxygens (including phenoxy) is 2. The van der Waals surface area contributed by atoms with E-state index in [0.29, 0.717) is 6.42 Å². The zero-order valence-corrected chi connectivity index (χ0v) is 14.9. The number of carbonyl (C=O) groups is 1. The molecule has 0 spiro atoms. The second-order valence-electron chi connectivity index (χ2n) is 6.23. The first-order chi connectivity index (χ1) is 12.2. The lowest BCUT2D eigenvalue weighted by Crippen LogP contribution is -2.33. The van der Waals surface area contributed by atoms with E-state index >= 15 is 0 Å². The Labute approximate surface area is 148 Å². The summed E-state index contributed by atoms with van der Waals surface area (Å²) in [5.74, 6) is 1.72. The van der Waals surface area contributed by atoms with Crippen LogP contribution >= 0.6 is 0 Å². The van der Waals surface area contributed by atoms with E-state index < -0.39 is 0 Å². The van der Waals surface area contributed by atoms with Crippen LogP contribution in [0.1, 0.15) is 24.0 Å². The molecule has 1 aliphatic rings. The van der Waals surface area contributed by atoms with Gasteiger partial charge >= 0.3 is 0 Å². The predicted molar refractivity (Wildman–Crippen MR) is 95.0 cm³/mol. The van der Waals surface area contributed by atoms with E-state index in [9.17, 15) is 4.79 Å². The number of carbonyl (C=O) groups excluding carboxylic acids is 1. The molecular formula is C19H25N3O3. The van der Waals surface area contributed by atoms with Gasteiger partial charge in [0.05, 0.1) is 14.2 Å². The molecule has 6 heteroatoms. The number of rotatable bonds is 6. The van der Waals surface area contributed by atoms with Gasteiger partial charge in [-0.25, -0.2) is 0 Å². The van der Waals surface area contributed by atoms with Crippen molar-refractivity contribution in [2.75, 3.05) is 27.3 Å². The average molecular weight is 343 g/mol. The molecule has 0 radical (unpaired) electrons. The number of fused-ring (bicyclic) bond motifs is 1. The summed E-state index contributed by atoms with van der Waals surface area (Å²) in [4.78, 5) is 14.5. The van der Waals surface area contributed by atoms with Gasteiger partial charge in [-0.05, 0) is 48.6 Å². The number of amides is 1. The summed E-state index contributed by atoms with van der Waals surface area (Å²) in [6, 6.07) is 5.98. The molecule has 0 atom stereocenters. The molecule has 2 aromatic rings. The first-order valence-electron chi connectivity index (χ1n) is 8.70. The Kier molecular flexibility index (Phi) is 5.58. The fourth-order valence-electron chi connectivity index (χ4n) is 3.28. The third kappa shape index (κ3) is 4.13. The van der Waals surface area contributed by atoms with Crippen molar-refractivity contribution in [3.05, 3.63) is 41.7 Å². The lowest BCUT2D eigenvalue weighted by molar-refractivity contribution is -0.131. The minimum Gasteiger partial charge on any atom is -0.493 e. The lowest BCUT2D eigenvalue weighted by Gasteiger charge is -2.20. The van der Waals surface area contributed by atoms with Crippen LogP contribution in [0.4, 0.5) is 0 Å². The second kappa shape index (κ2) is 8.05. The first kappa shape index (κ1) is 17.3. The number of methoxy groups -OCH3 is 2. The number of benzene rings is 1. The van der Waals surface area contributed by atoms with Crippen molar-refractivity contribution in [2.24, 2.45) is 0 Å². The molecule has 0 aliphatic carbocycles. The van der Waals surface area contributed by atoms with Crippen LogP contribution in [0.5, 0.6) is 11.5 Å². The fraction of sp³-hybridized carbons (Fsp3) is 0.474. The van der Waals surface area contributed by atoms with Crippen LogP contribution in [0.15, 0.2) is 30.6 Å². The standard InChI is InChI=1S/C19H25N3O3/c1-24-17-13-15-6-11-21(12-7-16(15)14-18(17)25-2)19(23)5-3-9-22-10-4-8-20-22/h4,8,10,13-14H,3,5-7,9,11-12H2,1-2H3. The van der Waals surface area contributed by atoms with Crippen LogP contribution < -0.4 is 9.47 Å². The van der Waals surface area contributed by atoms with Gasteiger partial charge in [-0.1, -0.05) is 0 Å². The summed E-state index contributed by atoms with van der Waals surface area (Å²) >= 11 is 0. The fourth-order valence-corrected chi connectivity index (χ4v) is 3.28. The molecule has 0 N–H and O–H groups in total. The van der Waals surface area contributed by atoms with Crippen LogP contribution in [0.25, 0.3) is 0 Å². The van der Waals surface area contributed by atoms with Gasteiger partial charge in [-0.2, -0.15) is 5.10 Å². The molecule has 0 unspecified atom stereocenters. The van der Waals surface area contributed by atoms with Crippen molar-refractivity contribution in [3.63, 3.8) is 0 Å². The first-order valence-corrected chi connectivity index (χ1v) is 8.70. The second-order valence-corrected chi connectivity index (χ2v) is 6.23. The minimum atomic E-state index is 0.221. The quantitative estimate of drug-likeness (QED) is 0.808. The molecule has 0 bridgehead atoms. The molecule has 2 heterocycles. The van der Waals surface area contributed by atoms with Crippen molar-refractivity contribution in [2.45, 2.75) is 32.2 Å². The highest BCUT2D eigenvalue weighted by Crippen LogP contribution is 2.32. The maximum Gasteiger partial charge on any atom is 0.222 e. The number of aromatic nitrogens is 2. The molecule has 1 aliphatic heterocycles. The number of hydrogen-bond donors (Lipinski definition) is 0. The monoisotopic (exact) mass is 343 g/mol. The maximum atomic E-state index is 12.5. The van der Waals surface area contributed by atoms with E-state index in [1.807, 2.05) is 34.0 Å². The zero-order chi connectivity index (χ0) is 17.6. The van der Waals surface area contributed by atoms with Crippen molar-refractivity contribution in [3.8, 4) is 11.5 Å². The molecule has 134 valence electrons. The van der Waals surface area contributed by atoms with Crippen LogP contribution in [-0.2, 0) is 24.2 Å². The van der Waals surface area contributed by atoms with Gasteiger partial charge in [-0.15, -0.1) is 0 Å². The molecule has 3 rings (SSSR count). The average Bonchev–Trinajstić information content (AvgIpc) is 3.06. The van der Waals surface area contributed by atoms with Gasteiger partial charge in [-0.3, -0.25) is 9.48 Å². The topological polar surface area (TPSA) is 56.6 Å². The molecule has 0 fully saturated rings. The highest BCUT2D eigenvalue weighted by atomic mass is 16.5. The normalized spacial score (nSPS) is 13.9. The van der Waals surface area contributed by atoms with Gasteiger partial charge < -0.3 is 14.4 Å².